The van der Waals surface area contributed by atoms with E-state index < -0.39 is 12.1 Å². The molecule has 0 aliphatic carbocycles. The lowest BCUT2D eigenvalue weighted by Gasteiger charge is -2.11. The number of ether oxygens (including phenoxy) is 1. The minimum Gasteiger partial charge on any atom is -0.479 e. The van der Waals surface area contributed by atoms with Crippen molar-refractivity contribution in [2.24, 2.45) is 0 Å². The number of rotatable bonds is 6. The van der Waals surface area contributed by atoms with Gasteiger partial charge in [-0.1, -0.05) is 13.0 Å². The van der Waals surface area contributed by atoms with Crippen LogP contribution in [0.25, 0.3) is 0 Å². The Kier molecular flexibility index (Phi) is 6.37. The number of hydrogen-bond acceptors (Lipinski definition) is 3. The number of carbonyl (C=O) groups excluding carboxylic acids is 1. The standard InChI is InChI=1S/C10H17NO4/c1-4-5-7(2)9(12)11-6-8(15-3)10(13)14/h5,8H,4,6H2,1-3H3,(H,11,12)(H,13,14)/b7-5-. The van der Waals surface area contributed by atoms with E-state index in [0.717, 1.165) is 6.42 Å². The largest absolute Gasteiger partial charge is 0.479 e. The number of nitrogens with one attached hydrogen (secondary N) is 1. The van der Waals surface area contributed by atoms with E-state index in [1.54, 1.807) is 13.0 Å². The van der Waals surface area contributed by atoms with Crippen molar-refractivity contribution in [2.45, 2.75) is 26.4 Å². The van der Waals surface area contributed by atoms with Crippen LogP contribution in [-0.4, -0.2) is 36.7 Å². The minimum absolute atomic E-state index is 0.0282. The first-order valence-corrected chi connectivity index (χ1v) is 4.73. The molecule has 86 valence electrons. The van der Waals surface area contributed by atoms with E-state index in [0.29, 0.717) is 5.57 Å². The molecular formula is C10H17NO4. The van der Waals surface area contributed by atoms with Gasteiger partial charge in [-0.15, -0.1) is 0 Å². The van der Waals surface area contributed by atoms with Crippen LogP contribution >= 0.6 is 0 Å². The number of hydrogen-bond donors (Lipinski definition) is 2. The van der Waals surface area contributed by atoms with E-state index in [2.05, 4.69) is 10.1 Å². The summed E-state index contributed by atoms with van der Waals surface area (Å²) in [6.45, 7) is 3.58. The summed E-state index contributed by atoms with van der Waals surface area (Å²) in [6, 6.07) is 0. The molecule has 0 aromatic heterocycles. The highest BCUT2D eigenvalue weighted by molar-refractivity contribution is 5.93. The van der Waals surface area contributed by atoms with Gasteiger partial charge in [0.25, 0.3) is 0 Å². The zero-order chi connectivity index (χ0) is 11.8. The summed E-state index contributed by atoms with van der Waals surface area (Å²) < 4.78 is 4.67. The number of carboxylic acid groups (broad SMARTS) is 1. The van der Waals surface area contributed by atoms with Crippen molar-refractivity contribution in [1.82, 2.24) is 5.32 Å². The second kappa shape index (κ2) is 7.00. The van der Waals surface area contributed by atoms with Crippen LogP contribution in [0.4, 0.5) is 0 Å². The van der Waals surface area contributed by atoms with Gasteiger partial charge < -0.3 is 15.2 Å². The van der Waals surface area contributed by atoms with Crippen LogP contribution in [0.3, 0.4) is 0 Å². The number of methoxy groups -OCH3 is 1. The van der Waals surface area contributed by atoms with Gasteiger partial charge in [0.2, 0.25) is 5.91 Å². The SMILES string of the molecule is CC/C=C(/C)C(=O)NCC(OC)C(=O)O. The molecular weight excluding hydrogens is 198 g/mol. The Bertz CT molecular complexity index is 260. The first-order chi connectivity index (χ1) is 7.02. The predicted octanol–water partition coefficient (Wildman–Crippen LogP) is 0.558. The number of carboxylic acids is 1. The Hall–Kier alpha value is -1.36. The summed E-state index contributed by atoms with van der Waals surface area (Å²) in [5.74, 6) is -1.35. The average molecular weight is 215 g/mol. The molecule has 1 atom stereocenters. The van der Waals surface area contributed by atoms with Gasteiger partial charge in [-0.05, 0) is 13.3 Å². The van der Waals surface area contributed by atoms with Crippen LogP contribution in [0, 0.1) is 0 Å². The van der Waals surface area contributed by atoms with Gasteiger partial charge in [0.05, 0.1) is 6.54 Å². The lowest BCUT2D eigenvalue weighted by molar-refractivity contribution is -0.148. The highest BCUT2D eigenvalue weighted by Crippen LogP contribution is 1.95. The van der Waals surface area contributed by atoms with Crippen molar-refractivity contribution >= 4 is 11.9 Å². The first-order valence-electron chi connectivity index (χ1n) is 4.73. The summed E-state index contributed by atoms with van der Waals surface area (Å²) in [5.41, 5.74) is 0.581. The van der Waals surface area contributed by atoms with E-state index in [-0.39, 0.29) is 12.5 Å². The van der Waals surface area contributed by atoms with Crippen LogP contribution in [0.15, 0.2) is 11.6 Å². The molecule has 0 fully saturated rings. The average Bonchev–Trinajstić information content (AvgIpc) is 2.18. The number of aliphatic carboxylic acids is 1. The molecule has 0 saturated heterocycles. The summed E-state index contributed by atoms with van der Waals surface area (Å²) in [7, 11) is 1.29. The van der Waals surface area contributed by atoms with Gasteiger partial charge in [0.15, 0.2) is 6.10 Å². The molecule has 1 amide bonds. The third-order valence-corrected chi connectivity index (χ3v) is 1.88. The molecule has 0 bridgehead atoms. The van der Waals surface area contributed by atoms with E-state index in [1.165, 1.54) is 7.11 Å². The zero-order valence-electron chi connectivity index (χ0n) is 9.24. The van der Waals surface area contributed by atoms with E-state index in [1.807, 2.05) is 6.92 Å². The van der Waals surface area contributed by atoms with Crippen LogP contribution in [0.5, 0.6) is 0 Å². The monoisotopic (exact) mass is 215 g/mol. The normalized spacial score (nSPS) is 13.4. The van der Waals surface area contributed by atoms with Gasteiger partial charge in [-0.2, -0.15) is 0 Å². The molecule has 0 aliphatic rings. The summed E-state index contributed by atoms with van der Waals surface area (Å²) in [6.07, 6.45) is 1.55. The fourth-order valence-corrected chi connectivity index (χ4v) is 0.995. The van der Waals surface area contributed by atoms with E-state index >= 15 is 0 Å². The zero-order valence-corrected chi connectivity index (χ0v) is 9.24. The van der Waals surface area contributed by atoms with E-state index in [4.69, 9.17) is 5.11 Å². The summed E-state index contributed by atoms with van der Waals surface area (Å²) in [4.78, 5) is 21.9. The molecule has 5 heteroatoms. The Morgan fingerprint density at radius 3 is 2.53 bits per heavy atom. The molecule has 1 unspecified atom stereocenters. The van der Waals surface area contributed by atoms with Crippen molar-refractivity contribution in [2.75, 3.05) is 13.7 Å². The minimum atomic E-state index is -1.09. The van der Waals surface area contributed by atoms with Gasteiger partial charge >= 0.3 is 5.97 Å². The molecule has 0 saturated carbocycles. The number of allylic oxidation sites excluding steroid dienone is 1. The second-order valence-electron chi connectivity index (χ2n) is 3.07. The Morgan fingerprint density at radius 1 is 1.53 bits per heavy atom. The highest BCUT2D eigenvalue weighted by Gasteiger charge is 2.17. The molecule has 0 aromatic rings. The maximum Gasteiger partial charge on any atom is 0.334 e. The molecule has 0 heterocycles. The van der Waals surface area contributed by atoms with Crippen molar-refractivity contribution in [1.29, 1.82) is 0 Å². The van der Waals surface area contributed by atoms with Crippen molar-refractivity contribution in [3.8, 4) is 0 Å². The molecule has 0 radical (unpaired) electrons. The van der Waals surface area contributed by atoms with Crippen molar-refractivity contribution < 1.29 is 19.4 Å². The van der Waals surface area contributed by atoms with Gasteiger partial charge in [0.1, 0.15) is 0 Å². The maximum absolute atomic E-state index is 11.3. The van der Waals surface area contributed by atoms with Crippen LogP contribution in [0.1, 0.15) is 20.3 Å². The van der Waals surface area contributed by atoms with Gasteiger partial charge in [0, 0.05) is 12.7 Å². The molecule has 0 aromatic carbocycles. The molecule has 0 aliphatic heterocycles. The molecule has 15 heavy (non-hydrogen) atoms. The topological polar surface area (TPSA) is 75.6 Å². The fourth-order valence-electron chi connectivity index (χ4n) is 0.995. The lowest BCUT2D eigenvalue weighted by Crippen LogP contribution is -2.38. The molecule has 5 nitrogen and oxygen atoms in total. The van der Waals surface area contributed by atoms with Crippen LogP contribution < -0.4 is 5.32 Å². The first kappa shape index (κ1) is 13.6. The van der Waals surface area contributed by atoms with Gasteiger partial charge in [-0.25, -0.2) is 4.79 Å². The third-order valence-electron chi connectivity index (χ3n) is 1.88. The third kappa shape index (κ3) is 5.17. The Balaban J connectivity index is 4.10. The smallest absolute Gasteiger partial charge is 0.334 e. The fraction of sp³-hybridized carbons (Fsp3) is 0.600. The Morgan fingerprint density at radius 2 is 2.13 bits per heavy atom. The van der Waals surface area contributed by atoms with E-state index in [9.17, 15) is 9.59 Å². The molecule has 0 spiro atoms. The summed E-state index contributed by atoms with van der Waals surface area (Å²) in [5, 5.41) is 11.1. The maximum atomic E-state index is 11.3. The van der Waals surface area contributed by atoms with Crippen LogP contribution in [0.2, 0.25) is 0 Å². The predicted molar refractivity (Wildman–Crippen MR) is 55.5 cm³/mol. The number of amides is 1. The second-order valence-corrected chi connectivity index (χ2v) is 3.07. The number of carbonyl (C=O) groups is 2. The van der Waals surface area contributed by atoms with Crippen molar-refractivity contribution in [3.63, 3.8) is 0 Å². The van der Waals surface area contributed by atoms with Gasteiger partial charge in [-0.3, -0.25) is 4.79 Å². The highest BCUT2D eigenvalue weighted by atomic mass is 16.5. The lowest BCUT2D eigenvalue weighted by atomic mass is 10.2. The van der Waals surface area contributed by atoms with Crippen LogP contribution in [-0.2, 0) is 14.3 Å². The van der Waals surface area contributed by atoms with Crippen molar-refractivity contribution in [3.05, 3.63) is 11.6 Å². The quantitative estimate of drug-likeness (QED) is 0.635. The summed E-state index contributed by atoms with van der Waals surface area (Å²) >= 11 is 0. The Labute approximate surface area is 89.1 Å². The molecule has 0 rings (SSSR count). The molecule has 2 N–H and O–H groups in total.